The van der Waals surface area contributed by atoms with Crippen molar-refractivity contribution in [1.82, 2.24) is 24.6 Å². The normalized spacial score (nSPS) is 19.6. The van der Waals surface area contributed by atoms with Crippen LogP contribution in [-0.2, 0) is 6.54 Å². The van der Waals surface area contributed by atoms with Crippen LogP contribution in [0.1, 0.15) is 80.7 Å². The molecule has 120 valence electrons. The first-order chi connectivity index (χ1) is 10.6. The second kappa shape index (κ2) is 6.42. The molecule has 0 saturated carbocycles. The molecule has 1 atom stereocenters. The zero-order chi connectivity index (χ0) is 15.7. The number of aromatic nitrogens is 4. The van der Waals surface area contributed by atoms with Crippen LogP contribution in [0.3, 0.4) is 0 Å². The molecule has 1 aliphatic heterocycles. The molecule has 6 nitrogen and oxygen atoms in total. The van der Waals surface area contributed by atoms with Crippen molar-refractivity contribution in [2.75, 3.05) is 6.54 Å². The first kappa shape index (κ1) is 15.6. The predicted molar refractivity (Wildman–Crippen MR) is 84.8 cm³/mol. The maximum atomic E-state index is 5.51. The van der Waals surface area contributed by atoms with E-state index in [2.05, 4.69) is 52.3 Å². The molecule has 7 heteroatoms. The van der Waals surface area contributed by atoms with Crippen LogP contribution in [0.4, 0.5) is 0 Å². The number of nitrogens with zero attached hydrogens (tertiary/aromatic N) is 5. The standard InChI is InChI=1S/C15H23N5OS/c1-9(2)13-12(22-19-17-13)8-20-7-5-6-11(20)15-16-14(10(3)4)18-21-15/h9-11H,5-8H2,1-4H3/t11-/m1/s1. The zero-order valence-electron chi connectivity index (χ0n) is 13.6. The summed E-state index contributed by atoms with van der Waals surface area (Å²) < 4.78 is 9.63. The molecule has 1 fully saturated rings. The van der Waals surface area contributed by atoms with Gasteiger partial charge in [0, 0.05) is 12.5 Å². The van der Waals surface area contributed by atoms with Crippen molar-refractivity contribution in [3.05, 3.63) is 22.3 Å². The highest BCUT2D eigenvalue weighted by Gasteiger charge is 2.32. The molecule has 2 aromatic heterocycles. The van der Waals surface area contributed by atoms with Crippen LogP contribution >= 0.6 is 11.5 Å². The third-order valence-corrected chi connectivity index (χ3v) is 4.82. The summed E-state index contributed by atoms with van der Waals surface area (Å²) in [5.41, 5.74) is 1.11. The smallest absolute Gasteiger partial charge is 0.244 e. The Morgan fingerprint density at radius 1 is 1.27 bits per heavy atom. The lowest BCUT2D eigenvalue weighted by molar-refractivity contribution is 0.201. The topological polar surface area (TPSA) is 67.9 Å². The van der Waals surface area contributed by atoms with E-state index in [0.717, 1.165) is 43.3 Å². The van der Waals surface area contributed by atoms with Crippen LogP contribution in [0.25, 0.3) is 0 Å². The second-order valence-corrected chi connectivity index (χ2v) is 7.35. The minimum Gasteiger partial charge on any atom is -0.338 e. The summed E-state index contributed by atoms with van der Waals surface area (Å²) in [7, 11) is 0. The maximum Gasteiger partial charge on any atom is 0.244 e. The molecular formula is C15H23N5OS. The monoisotopic (exact) mass is 321 g/mol. The van der Waals surface area contributed by atoms with E-state index < -0.39 is 0 Å². The highest BCUT2D eigenvalue weighted by atomic mass is 32.1. The Balaban J connectivity index is 1.76. The molecule has 0 unspecified atom stereocenters. The van der Waals surface area contributed by atoms with Gasteiger partial charge in [0.1, 0.15) is 0 Å². The average Bonchev–Trinajstić information content (AvgIpc) is 3.17. The van der Waals surface area contributed by atoms with E-state index in [1.54, 1.807) is 0 Å². The zero-order valence-corrected chi connectivity index (χ0v) is 14.4. The van der Waals surface area contributed by atoms with Gasteiger partial charge >= 0.3 is 0 Å². The second-order valence-electron chi connectivity index (χ2n) is 6.51. The first-order valence-corrected chi connectivity index (χ1v) is 8.72. The van der Waals surface area contributed by atoms with Crippen LogP contribution in [0.5, 0.6) is 0 Å². The minimum atomic E-state index is 0.224. The highest BCUT2D eigenvalue weighted by Crippen LogP contribution is 2.34. The molecule has 0 amide bonds. The lowest BCUT2D eigenvalue weighted by atomic mass is 10.1. The van der Waals surface area contributed by atoms with Crippen LogP contribution in [0, 0.1) is 0 Å². The summed E-state index contributed by atoms with van der Waals surface area (Å²) in [5.74, 6) is 2.25. The summed E-state index contributed by atoms with van der Waals surface area (Å²) in [6.45, 7) is 10.4. The average molecular weight is 321 g/mol. The largest absolute Gasteiger partial charge is 0.338 e. The summed E-state index contributed by atoms with van der Waals surface area (Å²) >= 11 is 1.50. The lowest BCUT2D eigenvalue weighted by Crippen LogP contribution is -2.23. The molecule has 1 saturated heterocycles. The van der Waals surface area contributed by atoms with Crippen molar-refractivity contribution < 1.29 is 4.52 Å². The van der Waals surface area contributed by atoms with E-state index in [-0.39, 0.29) is 6.04 Å². The van der Waals surface area contributed by atoms with Gasteiger partial charge in [0.15, 0.2) is 5.82 Å². The van der Waals surface area contributed by atoms with Crippen molar-refractivity contribution in [3.8, 4) is 0 Å². The molecule has 0 N–H and O–H groups in total. The Bertz CT molecular complexity index is 621. The number of hydrogen-bond acceptors (Lipinski definition) is 7. The Hall–Kier alpha value is -1.34. The molecule has 3 rings (SSSR count). The molecular weight excluding hydrogens is 298 g/mol. The predicted octanol–water partition coefficient (Wildman–Crippen LogP) is 3.51. The highest BCUT2D eigenvalue weighted by molar-refractivity contribution is 7.05. The van der Waals surface area contributed by atoms with Gasteiger partial charge in [0.2, 0.25) is 5.89 Å². The third-order valence-electron chi connectivity index (χ3n) is 4.10. The number of likely N-dealkylation sites (tertiary alicyclic amines) is 1. The molecule has 1 aliphatic rings. The van der Waals surface area contributed by atoms with Gasteiger partial charge in [-0.2, -0.15) is 4.98 Å². The van der Waals surface area contributed by atoms with Gasteiger partial charge in [0.25, 0.3) is 0 Å². The Labute approximate surface area is 135 Å². The Morgan fingerprint density at radius 2 is 2.09 bits per heavy atom. The van der Waals surface area contributed by atoms with Crippen molar-refractivity contribution in [1.29, 1.82) is 0 Å². The fourth-order valence-corrected chi connectivity index (χ4v) is 3.68. The van der Waals surface area contributed by atoms with Gasteiger partial charge in [-0.25, -0.2) is 0 Å². The molecule has 2 aromatic rings. The molecule has 0 radical (unpaired) electrons. The summed E-state index contributed by atoms with van der Waals surface area (Å²) in [4.78, 5) is 8.25. The van der Waals surface area contributed by atoms with Crippen molar-refractivity contribution in [2.45, 2.75) is 65.0 Å². The molecule has 0 aromatic carbocycles. The van der Waals surface area contributed by atoms with E-state index in [9.17, 15) is 0 Å². The van der Waals surface area contributed by atoms with Gasteiger partial charge < -0.3 is 4.52 Å². The number of rotatable bonds is 5. The van der Waals surface area contributed by atoms with Crippen LogP contribution in [0.15, 0.2) is 4.52 Å². The minimum absolute atomic E-state index is 0.224. The van der Waals surface area contributed by atoms with E-state index in [1.807, 2.05) is 0 Å². The van der Waals surface area contributed by atoms with Gasteiger partial charge in [-0.1, -0.05) is 37.3 Å². The quantitative estimate of drug-likeness (QED) is 0.839. The van der Waals surface area contributed by atoms with Crippen molar-refractivity contribution >= 4 is 11.5 Å². The van der Waals surface area contributed by atoms with Crippen molar-refractivity contribution in [3.63, 3.8) is 0 Å². The molecule has 0 aliphatic carbocycles. The molecule has 3 heterocycles. The van der Waals surface area contributed by atoms with Crippen LogP contribution < -0.4 is 0 Å². The van der Waals surface area contributed by atoms with Crippen molar-refractivity contribution in [2.24, 2.45) is 0 Å². The summed E-state index contributed by atoms with van der Waals surface area (Å²) in [5, 5.41) is 8.38. The van der Waals surface area contributed by atoms with Gasteiger partial charge in [-0.15, -0.1) is 5.10 Å². The molecule has 0 bridgehead atoms. The van der Waals surface area contributed by atoms with E-state index in [4.69, 9.17) is 4.52 Å². The molecule has 22 heavy (non-hydrogen) atoms. The summed E-state index contributed by atoms with van der Waals surface area (Å²) in [6, 6.07) is 0.224. The molecule has 0 spiro atoms. The fourth-order valence-electron chi connectivity index (χ4n) is 2.86. The first-order valence-electron chi connectivity index (χ1n) is 7.95. The Morgan fingerprint density at radius 3 is 2.77 bits per heavy atom. The SMILES string of the molecule is CC(C)c1noc([C@H]2CCCN2Cc2snnc2C(C)C)n1. The maximum absolute atomic E-state index is 5.51. The third kappa shape index (κ3) is 3.05. The number of hydrogen-bond donors (Lipinski definition) is 0. The van der Waals surface area contributed by atoms with E-state index >= 15 is 0 Å². The van der Waals surface area contributed by atoms with Gasteiger partial charge in [-0.05, 0) is 36.8 Å². The summed E-state index contributed by atoms with van der Waals surface area (Å²) in [6.07, 6.45) is 2.23. The lowest BCUT2D eigenvalue weighted by Gasteiger charge is -2.21. The Kier molecular flexibility index (Phi) is 4.54. The van der Waals surface area contributed by atoms with Crippen LogP contribution in [-0.4, -0.2) is 31.2 Å². The van der Waals surface area contributed by atoms with Crippen LogP contribution in [0.2, 0.25) is 0 Å². The van der Waals surface area contributed by atoms with E-state index in [0.29, 0.717) is 11.8 Å². The van der Waals surface area contributed by atoms with Gasteiger partial charge in [0.05, 0.1) is 16.6 Å². The van der Waals surface area contributed by atoms with E-state index in [1.165, 1.54) is 16.4 Å². The van der Waals surface area contributed by atoms with Gasteiger partial charge in [-0.3, -0.25) is 4.90 Å². The fraction of sp³-hybridized carbons (Fsp3) is 0.733.